The van der Waals surface area contributed by atoms with Gasteiger partial charge in [0.05, 0.1) is 7.11 Å². The number of aromatic nitrogens is 3. The Balaban J connectivity index is 1.58. The maximum absolute atomic E-state index is 11.9. The zero-order valence-electron chi connectivity index (χ0n) is 19.7. The van der Waals surface area contributed by atoms with Gasteiger partial charge in [0.2, 0.25) is 11.8 Å². The Morgan fingerprint density at radius 1 is 1.15 bits per heavy atom. The molecule has 0 saturated carbocycles. The maximum atomic E-state index is 11.9. The molecule has 2 aromatic heterocycles. The van der Waals surface area contributed by atoms with E-state index in [0.717, 1.165) is 54.3 Å². The predicted molar refractivity (Wildman–Crippen MR) is 136 cm³/mol. The average Bonchev–Trinajstić information content (AvgIpc) is 2.87. The van der Waals surface area contributed by atoms with Crippen LogP contribution in [-0.2, 0) is 11.2 Å². The summed E-state index contributed by atoms with van der Waals surface area (Å²) < 4.78 is 5.43. The van der Waals surface area contributed by atoms with Crippen LogP contribution in [0.3, 0.4) is 0 Å². The molecule has 3 aromatic rings. The zero-order chi connectivity index (χ0) is 23.9. The SMILES string of the molecule is C=CC(=O)Cc1ccccc1Nc1nc(Nc2cc(OC)nc(N3CCCCC3)c2)ncc1C. The van der Waals surface area contributed by atoms with Crippen LogP contribution < -0.4 is 20.3 Å². The molecule has 1 aliphatic rings. The lowest BCUT2D eigenvalue weighted by atomic mass is 10.1. The Morgan fingerprint density at radius 2 is 1.94 bits per heavy atom. The number of carbonyl (C=O) groups is 1. The number of methoxy groups -OCH3 is 1. The monoisotopic (exact) mass is 458 g/mol. The molecular weight excluding hydrogens is 428 g/mol. The van der Waals surface area contributed by atoms with Crippen molar-refractivity contribution in [2.24, 2.45) is 0 Å². The molecule has 0 unspecified atom stereocenters. The zero-order valence-corrected chi connectivity index (χ0v) is 19.7. The van der Waals surface area contributed by atoms with Crippen LogP contribution in [0.2, 0.25) is 0 Å². The van der Waals surface area contributed by atoms with E-state index in [-0.39, 0.29) is 12.2 Å². The van der Waals surface area contributed by atoms with Crippen LogP contribution in [0, 0.1) is 6.92 Å². The highest BCUT2D eigenvalue weighted by atomic mass is 16.5. The molecular formula is C26H30N6O2. The molecule has 8 nitrogen and oxygen atoms in total. The van der Waals surface area contributed by atoms with Gasteiger partial charge in [-0.2, -0.15) is 9.97 Å². The van der Waals surface area contributed by atoms with Gasteiger partial charge in [0, 0.05) is 54.8 Å². The molecule has 1 saturated heterocycles. The first-order valence-corrected chi connectivity index (χ1v) is 11.5. The molecule has 8 heteroatoms. The number of piperidine rings is 1. The molecule has 1 aromatic carbocycles. The standard InChI is InChI=1S/C26H30N6O2/c1-4-21(33)14-19-10-6-7-11-22(19)29-25-18(2)17-27-26(31-25)28-20-15-23(30-24(16-20)34-3)32-12-8-5-9-13-32/h4,6-7,10-11,15-17H,1,5,8-9,12-14H2,2-3H3,(H2,27,28,29,30,31). The number of aryl methyl sites for hydroxylation is 1. The molecule has 0 aliphatic carbocycles. The number of benzene rings is 1. The van der Waals surface area contributed by atoms with E-state index < -0.39 is 0 Å². The smallest absolute Gasteiger partial charge is 0.229 e. The third kappa shape index (κ3) is 5.70. The van der Waals surface area contributed by atoms with Gasteiger partial charge in [0.15, 0.2) is 5.78 Å². The van der Waals surface area contributed by atoms with E-state index in [9.17, 15) is 4.79 Å². The minimum atomic E-state index is -0.0350. The van der Waals surface area contributed by atoms with Gasteiger partial charge in [-0.05, 0) is 43.9 Å². The summed E-state index contributed by atoms with van der Waals surface area (Å²) in [5.41, 5.74) is 3.39. The molecule has 4 rings (SSSR count). The van der Waals surface area contributed by atoms with E-state index in [1.807, 2.05) is 43.3 Å². The second-order valence-corrected chi connectivity index (χ2v) is 8.28. The quantitative estimate of drug-likeness (QED) is 0.435. The molecule has 0 bridgehead atoms. The topological polar surface area (TPSA) is 92.3 Å². The molecule has 0 spiro atoms. The van der Waals surface area contributed by atoms with E-state index in [1.165, 1.54) is 12.5 Å². The lowest BCUT2D eigenvalue weighted by molar-refractivity contribution is -0.114. The Kier molecular flexibility index (Phi) is 7.37. The van der Waals surface area contributed by atoms with Crippen molar-refractivity contribution in [2.45, 2.75) is 32.6 Å². The van der Waals surface area contributed by atoms with Gasteiger partial charge >= 0.3 is 0 Å². The summed E-state index contributed by atoms with van der Waals surface area (Å²) in [6.45, 7) is 7.48. The first kappa shape index (κ1) is 23.2. The van der Waals surface area contributed by atoms with Crippen molar-refractivity contribution in [3.63, 3.8) is 0 Å². The van der Waals surface area contributed by atoms with Gasteiger partial charge in [-0.15, -0.1) is 0 Å². The number of ketones is 1. The van der Waals surface area contributed by atoms with Gasteiger partial charge in [-0.25, -0.2) is 4.98 Å². The van der Waals surface area contributed by atoms with Crippen molar-refractivity contribution < 1.29 is 9.53 Å². The van der Waals surface area contributed by atoms with E-state index in [0.29, 0.717) is 17.6 Å². The first-order valence-electron chi connectivity index (χ1n) is 11.5. The van der Waals surface area contributed by atoms with Crippen LogP contribution in [0.15, 0.2) is 55.3 Å². The van der Waals surface area contributed by atoms with Crippen LogP contribution in [0.5, 0.6) is 5.88 Å². The first-order chi connectivity index (χ1) is 16.6. The Morgan fingerprint density at radius 3 is 2.71 bits per heavy atom. The van der Waals surface area contributed by atoms with Crippen LogP contribution in [-0.4, -0.2) is 40.9 Å². The third-order valence-electron chi connectivity index (χ3n) is 5.77. The minimum Gasteiger partial charge on any atom is -0.481 e. The molecule has 0 amide bonds. The van der Waals surface area contributed by atoms with E-state index in [1.54, 1.807) is 13.3 Å². The summed E-state index contributed by atoms with van der Waals surface area (Å²) in [5, 5.41) is 6.65. The number of allylic oxidation sites excluding steroid dienone is 1. The lowest BCUT2D eigenvalue weighted by Gasteiger charge is -2.28. The highest BCUT2D eigenvalue weighted by molar-refractivity contribution is 5.92. The number of nitrogens with one attached hydrogen (secondary N) is 2. The van der Waals surface area contributed by atoms with E-state index >= 15 is 0 Å². The molecule has 34 heavy (non-hydrogen) atoms. The molecule has 1 aliphatic heterocycles. The Bertz CT molecular complexity index is 1170. The van der Waals surface area contributed by atoms with E-state index in [2.05, 4.69) is 37.1 Å². The summed E-state index contributed by atoms with van der Waals surface area (Å²) in [6.07, 6.45) is 6.96. The maximum Gasteiger partial charge on any atom is 0.229 e. The van der Waals surface area contributed by atoms with Crippen molar-refractivity contribution in [1.82, 2.24) is 15.0 Å². The van der Waals surface area contributed by atoms with Gasteiger partial charge in [0.25, 0.3) is 0 Å². The fourth-order valence-corrected chi connectivity index (χ4v) is 3.89. The molecule has 2 N–H and O–H groups in total. The molecule has 0 atom stereocenters. The van der Waals surface area contributed by atoms with Crippen molar-refractivity contribution in [1.29, 1.82) is 0 Å². The van der Waals surface area contributed by atoms with Gasteiger partial charge in [-0.3, -0.25) is 4.79 Å². The van der Waals surface area contributed by atoms with Crippen molar-refractivity contribution in [2.75, 3.05) is 35.7 Å². The highest BCUT2D eigenvalue weighted by Gasteiger charge is 2.15. The second kappa shape index (κ2) is 10.8. The largest absolute Gasteiger partial charge is 0.481 e. The summed E-state index contributed by atoms with van der Waals surface area (Å²) in [4.78, 5) is 27.9. The number of hydrogen-bond acceptors (Lipinski definition) is 8. The fourth-order valence-electron chi connectivity index (χ4n) is 3.89. The number of hydrogen-bond donors (Lipinski definition) is 2. The normalized spacial score (nSPS) is 13.3. The molecule has 0 radical (unpaired) electrons. The van der Waals surface area contributed by atoms with Crippen LogP contribution in [0.25, 0.3) is 0 Å². The Labute approximate surface area is 200 Å². The summed E-state index contributed by atoms with van der Waals surface area (Å²) >= 11 is 0. The lowest BCUT2D eigenvalue weighted by Crippen LogP contribution is -2.30. The summed E-state index contributed by atoms with van der Waals surface area (Å²) in [7, 11) is 1.62. The number of nitrogens with zero attached hydrogens (tertiary/aromatic N) is 4. The third-order valence-corrected chi connectivity index (χ3v) is 5.77. The second-order valence-electron chi connectivity index (χ2n) is 8.28. The van der Waals surface area contributed by atoms with Crippen molar-refractivity contribution in [3.8, 4) is 5.88 Å². The van der Waals surface area contributed by atoms with Crippen LogP contribution in [0.1, 0.15) is 30.4 Å². The van der Waals surface area contributed by atoms with Crippen molar-refractivity contribution >= 4 is 34.7 Å². The van der Waals surface area contributed by atoms with Gasteiger partial charge in [-0.1, -0.05) is 24.8 Å². The predicted octanol–water partition coefficient (Wildman–Crippen LogP) is 4.96. The number of anilines is 5. The number of carbonyl (C=O) groups excluding carboxylic acids is 1. The van der Waals surface area contributed by atoms with Gasteiger partial charge < -0.3 is 20.3 Å². The molecule has 176 valence electrons. The fraction of sp³-hybridized carbons (Fsp3) is 0.308. The van der Waals surface area contributed by atoms with Crippen LogP contribution in [0.4, 0.5) is 29.0 Å². The van der Waals surface area contributed by atoms with Crippen LogP contribution >= 0.6 is 0 Å². The number of rotatable bonds is 9. The number of ether oxygens (including phenoxy) is 1. The summed E-state index contributed by atoms with van der Waals surface area (Å²) in [6, 6.07) is 11.5. The van der Waals surface area contributed by atoms with E-state index in [4.69, 9.17) is 4.74 Å². The van der Waals surface area contributed by atoms with Gasteiger partial charge in [0.1, 0.15) is 11.6 Å². The Hall–Kier alpha value is -3.94. The minimum absolute atomic E-state index is 0.0350. The molecule has 3 heterocycles. The number of para-hydroxylation sites is 1. The molecule has 1 fully saturated rings. The summed E-state index contributed by atoms with van der Waals surface area (Å²) in [5.74, 6) is 2.50. The average molecular weight is 459 g/mol. The van der Waals surface area contributed by atoms with Crippen molar-refractivity contribution in [3.05, 3.63) is 66.4 Å². The highest BCUT2D eigenvalue weighted by Crippen LogP contribution is 2.28. The number of pyridine rings is 1.